The van der Waals surface area contributed by atoms with Gasteiger partial charge in [-0.2, -0.15) is 0 Å². The fourth-order valence-corrected chi connectivity index (χ4v) is 5.31. The summed E-state index contributed by atoms with van der Waals surface area (Å²) in [7, 11) is -3.20. The molecule has 2 saturated heterocycles. The summed E-state index contributed by atoms with van der Waals surface area (Å²) in [5.74, 6) is 1.13. The van der Waals surface area contributed by atoms with Crippen LogP contribution < -0.4 is 14.9 Å². The van der Waals surface area contributed by atoms with Gasteiger partial charge in [0.2, 0.25) is 15.9 Å². The molecule has 2 fully saturated rings. The zero-order chi connectivity index (χ0) is 17.9. The van der Waals surface area contributed by atoms with Crippen LogP contribution in [-0.4, -0.2) is 39.7 Å². The average molecular weight is 402 g/mol. The van der Waals surface area contributed by atoms with Crippen molar-refractivity contribution in [1.29, 1.82) is 0 Å². The minimum atomic E-state index is -3.20. The summed E-state index contributed by atoms with van der Waals surface area (Å²) in [6, 6.07) is 7.11. The van der Waals surface area contributed by atoms with E-state index in [9.17, 15) is 13.2 Å². The number of amides is 1. The van der Waals surface area contributed by atoms with E-state index in [1.165, 1.54) is 4.31 Å². The molecule has 2 aliphatic rings. The molecule has 6 nitrogen and oxygen atoms in total. The molecule has 146 valence electrons. The fourth-order valence-electron chi connectivity index (χ4n) is 3.75. The minimum absolute atomic E-state index is 0. The van der Waals surface area contributed by atoms with Crippen LogP contribution in [0.25, 0.3) is 0 Å². The molecule has 0 bridgehead atoms. The Balaban J connectivity index is 0.00000243. The SMILES string of the molecule is CC(CC(=O)Nc1cccc(N2CCCS2(=O)=O)c1)C1CCNCC1.Cl. The lowest BCUT2D eigenvalue weighted by atomic mass is 9.84. The maximum Gasteiger partial charge on any atom is 0.235 e. The molecular weight excluding hydrogens is 374 g/mol. The number of halogens is 1. The number of sulfonamides is 1. The van der Waals surface area contributed by atoms with Gasteiger partial charge in [-0.05, 0) is 62.4 Å². The summed E-state index contributed by atoms with van der Waals surface area (Å²) in [6.45, 7) is 4.71. The van der Waals surface area contributed by atoms with Crippen molar-refractivity contribution in [2.45, 2.75) is 32.6 Å². The highest BCUT2D eigenvalue weighted by Crippen LogP contribution is 2.27. The second kappa shape index (κ2) is 9.06. The molecule has 2 aliphatic heterocycles. The molecule has 0 saturated carbocycles. The lowest BCUT2D eigenvalue weighted by molar-refractivity contribution is -0.117. The first-order valence-corrected chi connectivity index (χ1v) is 10.7. The van der Waals surface area contributed by atoms with Gasteiger partial charge in [0.1, 0.15) is 0 Å². The first-order chi connectivity index (χ1) is 12.0. The van der Waals surface area contributed by atoms with E-state index in [4.69, 9.17) is 0 Å². The molecule has 26 heavy (non-hydrogen) atoms. The number of hydrogen-bond donors (Lipinski definition) is 2. The summed E-state index contributed by atoms with van der Waals surface area (Å²) in [6.07, 6.45) is 3.39. The highest BCUT2D eigenvalue weighted by atomic mass is 35.5. The van der Waals surface area contributed by atoms with Gasteiger partial charge in [-0.3, -0.25) is 9.10 Å². The van der Waals surface area contributed by atoms with Crippen LogP contribution in [0.4, 0.5) is 11.4 Å². The van der Waals surface area contributed by atoms with Crippen molar-refractivity contribution in [3.05, 3.63) is 24.3 Å². The average Bonchev–Trinajstić information content (AvgIpc) is 2.95. The van der Waals surface area contributed by atoms with Gasteiger partial charge in [0.25, 0.3) is 0 Å². The Hall–Kier alpha value is -1.31. The highest BCUT2D eigenvalue weighted by Gasteiger charge is 2.28. The molecule has 1 amide bonds. The van der Waals surface area contributed by atoms with E-state index < -0.39 is 10.0 Å². The van der Waals surface area contributed by atoms with E-state index in [0.717, 1.165) is 25.9 Å². The predicted molar refractivity (Wildman–Crippen MR) is 107 cm³/mol. The van der Waals surface area contributed by atoms with Crippen molar-refractivity contribution >= 4 is 39.7 Å². The molecular formula is C18H28ClN3O3S. The number of anilines is 2. The van der Waals surface area contributed by atoms with Gasteiger partial charge in [-0.1, -0.05) is 13.0 Å². The van der Waals surface area contributed by atoms with Crippen LogP contribution in [0.15, 0.2) is 24.3 Å². The molecule has 0 aliphatic carbocycles. The molecule has 2 N–H and O–H groups in total. The summed E-state index contributed by atoms with van der Waals surface area (Å²) in [5, 5.41) is 6.28. The predicted octanol–water partition coefficient (Wildman–Crippen LogP) is 2.61. The molecule has 0 spiro atoms. The van der Waals surface area contributed by atoms with Gasteiger partial charge < -0.3 is 10.6 Å². The monoisotopic (exact) mass is 401 g/mol. The van der Waals surface area contributed by atoms with E-state index in [2.05, 4.69) is 17.6 Å². The lowest BCUT2D eigenvalue weighted by Gasteiger charge is -2.27. The van der Waals surface area contributed by atoms with Crippen LogP contribution in [0.2, 0.25) is 0 Å². The third-order valence-corrected chi connectivity index (χ3v) is 7.08. The maximum atomic E-state index is 12.4. The topological polar surface area (TPSA) is 78.5 Å². The van der Waals surface area contributed by atoms with Gasteiger partial charge in [0.05, 0.1) is 11.4 Å². The number of nitrogens with one attached hydrogen (secondary N) is 2. The smallest absolute Gasteiger partial charge is 0.235 e. The summed E-state index contributed by atoms with van der Waals surface area (Å²) >= 11 is 0. The van der Waals surface area contributed by atoms with E-state index in [-0.39, 0.29) is 24.1 Å². The van der Waals surface area contributed by atoms with Crippen molar-refractivity contribution in [1.82, 2.24) is 5.32 Å². The van der Waals surface area contributed by atoms with Crippen LogP contribution in [0.3, 0.4) is 0 Å². The Labute approximate surface area is 162 Å². The largest absolute Gasteiger partial charge is 0.326 e. The van der Waals surface area contributed by atoms with Crippen molar-refractivity contribution in [3.63, 3.8) is 0 Å². The Bertz CT molecular complexity index is 720. The summed E-state index contributed by atoms with van der Waals surface area (Å²) in [5.41, 5.74) is 1.28. The zero-order valence-electron chi connectivity index (χ0n) is 15.1. The van der Waals surface area contributed by atoms with Gasteiger partial charge in [0.15, 0.2) is 0 Å². The van der Waals surface area contributed by atoms with Crippen LogP contribution >= 0.6 is 12.4 Å². The maximum absolute atomic E-state index is 12.4. The van der Waals surface area contributed by atoms with Gasteiger partial charge >= 0.3 is 0 Å². The molecule has 1 atom stereocenters. The molecule has 8 heteroatoms. The summed E-state index contributed by atoms with van der Waals surface area (Å²) < 4.78 is 25.5. The van der Waals surface area contributed by atoms with Gasteiger partial charge in [0, 0.05) is 18.7 Å². The number of rotatable bonds is 5. The zero-order valence-corrected chi connectivity index (χ0v) is 16.7. The molecule has 2 heterocycles. The Morgan fingerprint density at radius 2 is 2.08 bits per heavy atom. The van der Waals surface area contributed by atoms with Gasteiger partial charge in [-0.15, -0.1) is 12.4 Å². The number of carbonyl (C=O) groups excluding carboxylic acids is 1. The molecule has 1 unspecified atom stereocenters. The fraction of sp³-hybridized carbons (Fsp3) is 0.611. The van der Waals surface area contributed by atoms with Gasteiger partial charge in [-0.25, -0.2) is 8.42 Å². The van der Waals surface area contributed by atoms with E-state index in [1.807, 2.05) is 0 Å². The third kappa shape index (κ3) is 5.11. The molecule has 3 rings (SSSR count). The van der Waals surface area contributed by atoms with E-state index in [1.54, 1.807) is 24.3 Å². The highest BCUT2D eigenvalue weighted by molar-refractivity contribution is 7.93. The molecule has 1 aromatic rings. The van der Waals surface area contributed by atoms with Crippen LogP contribution in [0.1, 0.15) is 32.6 Å². The summed E-state index contributed by atoms with van der Waals surface area (Å²) in [4.78, 5) is 12.4. The molecule has 0 aromatic heterocycles. The van der Waals surface area contributed by atoms with Crippen LogP contribution in [0, 0.1) is 11.8 Å². The standard InChI is InChI=1S/C18H27N3O3S.ClH/c1-14(15-6-8-19-9-7-15)12-18(22)20-16-4-2-5-17(13-16)21-10-3-11-25(21,23)24;/h2,4-5,13-15,19H,3,6-12H2,1H3,(H,20,22);1H. The van der Waals surface area contributed by atoms with Crippen LogP contribution in [-0.2, 0) is 14.8 Å². The van der Waals surface area contributed by atoms with E-state index >= 15 is 0 Å². The lowest BCUT2D eigenvalue weighted by Crippen LogP contribution is -2.32. The van der Waals surface area contributed by atoms with Crippen molar-refractivity contribution < 1.29 is 13.2 Å². The second-order valence-corrected chi connectivity index (χ2v) is 9.12. The van der Waals surface area contributed by atoms with Crippen molar-refractivity contribution in [2.75, 3.05) is 35.0 Å². The number of carbonyl (C=O) groups is 1. The molecule has 0 radical (unpaired) electrons. The van der Waals surface area contributed by atoms with Crippen molar-refractivity contribution in [3.8, 4) is 0 Å². The quantitative estimate of drug-likeness (QED) is 0.794. The Morgan fingerprint density at radius 1 is 1.35 bits per heavy atom. The number of hydrogen-bond acceptors (Lipinski definition) is 4. The third-order valence-electron chi connectivity index (χ3n) is 5.21. The first-order valence-electron chi connectivity index (χ1n) is 9.07. The first kappa shape index (κ1) is 21.0. The Kier molecular flexibility index (Phi) is 7.32. The number of nitrogens with zero attached hydrogens (tertiary/aromatic N) is 1. The number of benzene rings is 1. The molecule has 1 aromatic carbocycles. The minimum Gasteiger partial charge on any atom is -0.326 e. The normalized spacial score (nSPS) is 21.0. The number of piperidine rings is 1. The van der Waals surface area contributed by atoms with E-state index in [0.29, 0.717) is 42.6 Å². The Morgan fingerprint density at radius 3 is 2.73 bits per heavy atom. The second-order valence-electron chi connectivity index (χ2n) is 7.11. The van der Waals surface area contributed by atoms with Crippen molar-refractivity contribution in [2.24, 2.45) is 11.8 Å². The van der Waals surface area contributed by atoms with Crippen LogP contribution in [0.5, 0.6) is 0 Å².